The van der Waals surface area contributed by atoms with Crippen LogP contribution in [0.25, 0.3) is 0 Å². The average molecular weight is 509 g/mol. The predicted molar refractivity (Wildman–Crippen MR) is 126 cm³/mol. The zero-order chi connectivity index (χ0) is 22.3. The molecule has 2 heterocycles. The maximum Gasteiger partial charge on any atom is 0.158 e. The minimum atomic E-state index is -0.156. The maximum absolute atomic E-state index is 12.2. The molecule has 178 valence electrons. The van der Waals surface area contributed by atoms with Crippen LogP contribution in [0.3, 0.4) is 0 Å². The Bertz CT molecular complexity index is 713. The summed E-state index contributed by atoms with van der Waals surface area (Å²) in [6, 6.07) is 0. The van der Waals surface area contributed by atoms with Crippen molar-refractivity contribution < 1.29 is 23.7 Å². The van der Waals surface area contributed by atoms with Crippen molar-refractivity contribution in [1.82, 2.24) is 0 Å². The molecule has 0 amide bonds. The number of hydrogen-bond donors (Lipinski definition) is 0. The van der Waals surface area contributed by atoms with Crippen molar-refractivity contribution in [3.63, 3.8) is 0 Å². The zero-order valence-electron chi connectivity index (χ0n) is 19.2. The molecule has 4 fully saturated rings. The van der Waals surface area contributed by atoms with Crippen molar-refractivity contribution in [3.8, 4) is 11.8 Å². The molecule has 5 nitrogen and oxygen atoms in total. The van der Waals surface area contributed by atoms with Crippen LogP contribution in [-0.4, -0.2) is 43.8 Å². The van der Waals surface area contributed by atoms with Crippen LogP contribution in [0.4, 0.5) is 0 Å². The lowest BCUT2D eigenvalue weighted by Gasteiger charge is -2.30. The molecular formula is C26H37BrO5. The highest BCUT2D eigenvalue weighted by atomic mass is 79.9. The first-order valence-corrected chi connectivity index (χ1v) is 13.3. The van der Waals surface area contributed by atoms with Gasteiger partial charge in [-0.3, -0.25) is 4.79 Å². The Morgan fingerprint density at radius 1 is 1.16 bits per heavy atom. The van der Waals surface area contributed by atoms with Gasteiger partial charge in [-0.1, -0.05) is 22.0 Å². The van der Waals surface area contributed by atoms with Gasteiger partial charge in [0.25, 0.3) is 0 Å². The van der Waals surface area contributed by atoms with Crippen LogP contribution in [0, 0.1) is 29.6 Å². The fraction of sp³-hybridized carbons (Fsp3) is 0.808. The number of Topliss-reactive ketones (excluding diaryl/α,β-unsaturated/α-hetero) is 1. The lowest BCUT2D eigenvalue weighted by molar-refractivity contribution is -0.193. The first-order chi connectivity index (χ1) is 15.6. The van der Waals surface area contributed by atoms with E-state index in [4.69, 9.17) is 18.9 Å². The minimum absolute atomic E-state index is 0.0933. The van der Waals surface area contributed by atoms with Crippen LogP contribution >= 0.6 is 15.9 Å². The summed E-state index contributed by atoms with van der Waals surface area (Å²) in [6.07, 6.45) is 12.3. The molecule has 0 aromatic rings. The van der Waals surface area contributed by atoms with E-state index in [1.807, 2.05) is 6.92 Å². The van der Waals surface area contributed by atoms with E-state index in [2.05, 4.69) is 33.8 Å². The summed E-state index contributed by atoms with van der Waals surface area (Å²) in [6.45, 7) is 3.41. The fourth-order valence-corrected chi connectivity index (χ4v) is 6.32. The molecule has 2 unspecified atom stereocenters. The second kappa shape index (κ2) is 12.1. The molecule has 32 heavy (non-hydrogen) atoms. The summed E-state index contributed by atoms with van der Waals surface area (Å²) in [5.41, 5.74) is 0. The van der Waals surface area contributed by atoms with Crippen LogP contribution < -0.4 is 0 Å². The Labute approximate surface area is 201 Å². The van der Waals surface area contributed by atoms with Crippen molar-refractivity contribution in [3.05, 3.63) is 10.6 Å². The molecule has 2 aliphatic carbocycles. The summed E-state index contributed by atoms with van der Waals surface area (Å²) in [5.74, 6) is 7.51. The summed E-state index contributed by atoms with van der Waals surface area (Å²) < 4.78 is 25.6. The number of ketones is 1. The summed E-state index contributed by atoms with van der Waals surface area (Å²) in [5, 5.41) is 0. The van der Waals surface area contributed by atoms with Gasteiger partial charge in [-0.05, 0) is 70.1 Å². The van der Waals surface area contributed by atoms with Gasteiger partial charge in [0.2, 0.25) is 0 Å². The zero-order valence-corrected chi connectivity index (χ0v) is 20.8. The average Bonchev–Trinajstić information content (AvgIpc) is 3.31. The summed E-state index contributed by atoms with van der Waals surface area (Å²) >= 11 is 3.86. The van der Waals surface area contributed by atoms with Gasteiger partial charge in [0.05, 0.1) is 12.2 Å². The van der Waals surface area contributed by atoms with E-state index >= 15 is 0 Å². The van der Waals surface area contributed by atoms with Crippen LogP contribution in [0.5, 0.6) is 0 Å². The first kappa shape index (κ1) is 24.4. The van der Waals surface area contributed by atoms with Crippen LogP contribution in [0.15, 0.2) is 10.6 Å². The lowest BCUT2D eigenvalue weighted by Crippen LogP contribution is -2.32. The van der Waals surface area contributed by atoms with Crippen molar-refractivity contribution in [2.75, 3.05) is 13.2 Å². The second-order valence-electron chi connectivity index (χ2n) is 9.59. The Morgan fingerprint density at radius 3 is 2.59 bits per heavy atom. The van der Waals surface area contributed by atoms with Gasteiger partial charge in [-0.15, -0.1) is 11.8 Å². The molecule has 7 atom stereocenters. The minimum Gasteiger partial charge on any atom is -0.353 e. The van der Waals surface area contributed by atoms with E-state index in [1.54, 1.807) is 0 Å². The highest BCUT2D eigenvalue weighted by molar-refractivity contribution is 9.11. The van der Waals surface area contributed by atoms with Gasteiger partial charge in [0.15, 0.2) is 12.6 Å². The number of carbonyl (C=O) groups excluding carboxylic acids is 1. The van der Waals surface area contributed by atoms with Gasteiger partial charge >= 0.3 is 0 Å². The third-order valence-electron chi connectivity index (χ3n) is 7.30. The Balaban J connectivity index is 1.48. The molecule has 0 aromatic heterocycles. The number of carbonyl (C=O) groups is 1. The topological polar surface area (TPSA) is 54.0 Å². The molecule has 0 radical (unpaired) electrons. The van der Waals surface area contributed by atoms with Gasteiger partial charge < -0.3 is 18.9 Å². The molecule has 2 saturated heterocycles. The third-order valence-corrected chi connectivity index (χ3v) is 8.08. The van der Waals surface area contributed by atoms with Gasteiger partial charge in [-0.2, -0.15) is 0 Å². The van der Waals surface area contributed by atoms with E-state index in [9.17, 15) is 4.79 Å². The van der Waals surface area contributed by atoms with E-state index in [0.29, 0.717) is 30.5 Å². The normalized spacial score (nSPS) is 36.4. The summed E-state index contributed by atoms with van der Waals surface area (Å²) in [4.78, 5) is 12.2. The lowest BCUT2D eigenvalue weighted by atomic mass is 9.90. The van der Waals surface area contributed by atoms with Gasteiger partial charge in [0, 0.05) is 42.9 Å². The van der Waals surface area contributed by atoms with E-state index in [-0.39, 0.29) is 30.7 Å². The number of fused-ring (bicyclic) bond motifs is 1. The highest BCUT2D eigenvalue weighted by Crippen LogP contribution is 2.49. The number of rotatable bonds is 8. The maximum atomic E-state index is 12.2. The van der Waals surface area contributed by atoms with E-state index < -0.39 is 0 Å². The molecular weight excluding hydrogens is 472 g/mol. The van der Waals surface area contributed by atoms with Crippen LogP contribution in [-0.2, 0) is 23.7 Å². The molecule has 4 aliphatic rings. The van der Waals surface area contributed by atoms with E-state index in [0.717, 1.165) is 75.5 Å². The molecule has 6 heteroatoms. The quantitative estimate of drug-likeness (QED) is 0.404. The van der Waals surface area contributed by atoms with E-state index in [1.165, 1.54) is 0 Å². The largest absolute Gasteiger partial charge is 0.353 e. The number of halogens is 1. The molecule has 2 aliphatic heterocycles. The van der Waals surface area contributed by atoms with Crippen LogP contribution in [0.2, 0.25) is 0 Å². The van der Waals surface area contributed by atoms with Crippen molar-refractivity contribution in [2.45, 2.75) is 102 Å². The van der Waals surface area contributed by atoms with Crippen molar-refractivity contribution >= 4 is 21.7 Å². The Hall–Kier alpha value is -0.710. The number of ether oxygens (including phenoxy) is 4. The molecule has 0 aromatic carbocycles. The van der Waals surface area contributed by atoms with Gasteiger partial charge in [0.1, 0.15) is 5.78 Å². The predicted octanol–water partition coefficient (Wildman–Crippen LogP) is 5.51. The van der Waals surface area contributed by atoms with Crippen molar-refractivity contribution in [2.24, 2.45) is 17.8 Å². The number of hydrogen-bond acceptors (Lipinski definition) is 5. The highest BCUT2D eigenvalue weighted by Gasteiger charge is 2.48. The standard InChI is InChI=1S/C26H37BrO5/c1-2-3-4-9-23(31-25-10-5-7-12-29-25)22(27)17-21-20-16-19(28)14-18(20)15-24(21)32-26-11-6-8-13-30-26/h17-18,20-21,23-26H,4-16H2,1H3/t18-,20-,21-,23-,24+,25?,26?/m0/s1. The summed E-state index contributed by atoms with van der Waals surface area (Å²) in [7, 11) is 0. The fourth-order valence-electron chi connectivity index (χ4n) is 5.68. The molecule has 0 N–H and O–H groups in total. The smallest absolute Gasteiger partial charge is 0.158 e. The van der Waals surface area contributed by atoms with Crippen molar-refractivity contribution in [1.29, 1.82) is 0 Å². The SMILES string of the molecule is CC#CCC[C@H](OC1CCCCO1)C(Br)=C[C@H]1[C@H]2CC(=O)C[C@H]2C[C@H]1OC1CCCCO1. The molecule has 4 rings (SSSR count). The Kier molecular flexibility index (Phi) is 9.25. The monoisotopic (exact) mass is 508 g/mol. The first-order valence-electron chi connectivity index (χ1n) is 12.5. The Morgan fingerprint density at radius 2 is 1.91 bits per heavy atom. The molecule has 0 spiro atoms. The second-order valence-corrected chi connectivity index (χ2v) is 10.5. The molecule has 0 bridgehead atoms. The van der Waals surface area contributed by atoms with Gasteiger partial charge in [-0.25, -0.2) is 0 Å². The third kappa shape index (κ3) is 6.45. The molecule has 2 saturated carbocycles. The van der Waals surface area contributed by atoms with Crippen LogP contribution in [0.1, 0.15) is 77.6 Å².